The molecule has 1 unspecified atom stereocenters. The standard InChI is InChI=1S/C12H13F3N4/c1-7-5-8(12(13,14)15)3-4-9(7)10(16-2)11-17-6-18-19-11/h3-6,10,16H,1-2H3,(H,17,18,19). The zero-order valence-corrected chi connectivity index (χ0v) is 10.4. The van der Waals surface area contributed by atoms with Gasteiger partial charge in [-0.3, -0.25) is 5.10 Å². The number of rotatable bonds is 3. The molecule has 0 radical (unpaired) electrons. The van der Waals surface area contributed by atoms with Crippen LogP contribution in [0, 0.1) is 6.92 Å². The average molecular weight is 270 g/mol. The molecule has 2 rings (SSSR count). The molecule has 19 heavy (non-hydrogen) atoms. The van der Waals surface area contributed by atoms with E-state index in [2.05, 4.69) is 20.5 Å². The molecule has 1 atom stereocenters. The summed E-state index contributed by atoms with van der Waals surface area (Å²) in [5.74, 6) is 0.561. The van der Waals surface area contributed by atoms with Crippen LogP contribution in [-0.2, 0) is 6.18 Å². The first-order valence-corrected chi connectivity index (χ1v) is 5.63. The monoisotopic (exact) mass is 270 g/mol. The molecule has 2 aromatic rings. The van der Waals surface area contributed by atoms with Gasteiger partial charge in [-0.1, -0.05) is 6.07 Å². The highest BCUT2D eigenvalue weighted by Crippen LogP contribution is 2.32. The Hall–Kier alpha value is -1.89. The number of aromatic nitrogens is 3. The van der Waals surface area contributed by atoms with Crippen LogP contribution in [0.15, 0.2) is 24.5 Å². The van der Waals surface area contributed by atoms with Gasteiger partial charge < -0.3 is 5.32 Å². The van der Waals surface area contributed by atoms with Crippen LogP contribution in [0.3, 0.4) is 0 Å². The minimum atomic E-state index is -4.33. The summed E-state index contributed by atoms with van der Waals surface area (Å²) in [5, 5.41) is 9.46. The topological polar surface area (TPSA) is 53.6 Å². The summed E-state index contributed by atoms with van der Waals surface area (Å²) >= 11 is 0. The van der Waals surface area contributed by atoms with Gasteiger partial charge in [0.05, 0.1) is 11.6 Å². The number of benzene rings is 1. The number of hydrogen-bond acceptors (Lipinski definition) is 3. The molecule has 1 aromatic carbocycles. The quantitative estimate of drug-likeness (QED) is 0.900. The predicted molar refractivity (Wildman–Crippen MR) is 63.5 cm³/mol. The summed E-state index contributed by atoms with van der Waals surface area (Å²) in [6.45, 7) is 1.64. The highest BCUT2D eigenvalue weighted by atomic mass is 19.4. The smallest absolute Gasteiger partial charge is 0.307 e. The number of hydrogen-bond donors (Lipinski definition) is 2. The number of nitrogens with one attached hydrogen (secondary N) is 2. The highest BCUT2D eigenvalue weighted by Gasteiger charge is 2.31. The third-order valence-electron chi connectivity index (χ3n) is 2.90. The summed E-state index contributed by atoms with van der Waals surface area (Å²) in [5.41, 5.74) is 0.624. The van der Waals surface area contributed by atoms with Crippen molar-refractivity contribution in [1.29, 1.82) is 0 Å². The van der Waals surface area contributed by atoms with Gasteiger partial charge >= 0.3 is 6.18 Å². The molecule has 7 heteroatoms. The molecular formula is C12H13F3N4. The number of alkyl halides is 3. The lowest BCUT2D eigenvalue weighted by Gasteiger charge is -2.17. The number of nitrogens with zero attached hydrogens (tertiary/aromatic N) is 2. The van der Waals surface area contributed by atoms with Crippen LogP contribution in [0.4, 0.5) is 13.2 Å². The van der Waals surface area contributed by atoms with Crippen molar-refractivity contribution in [2.75, 3.05) is 7.05 Å². The van der Waals surface area contributed by atoms with Gasteiger partial charge in [-0.05, 0) is 37.2 Å². The summed E-state index contributed by atoms with van der Waals surface area (Å²) in [6, 6.07) is 3.35. The second-order valence-electron chi connectivity index (χ2n) is 4.16. The van der Waals surface area contributed by atoms with E-state index in [1.54, 1.807) is 14.0 Å². The van der Waals surface area contributed by atoms with E-state index in [9.17, 15) is 13.2 Å². The van der Waals surface area contributed by atoms with Crippen LogP contribution < -0.4 is 5.32 Å². The Morgan fingerprint density at radius 3 is 2.53 bits per heavy atom. The molecule has 4 nitrogen and oxygen atoms in total. The fraction of sp³-hybridized carbons (Fsp3) is 0.333. The van der Waals surface area contributed by atoms with Crippen molar-refractivity contribution in [3.05, 3.63) is 47.0 Å². The Bertz CT molecular complexity index is 549. The fourth-order valence-corrected chi connectivity index (χ4v) is 1.97. The number of aromatic amines is 1. The Morgan fingerprint density at radius 2 is 2.05 bits per heavy atom. The van der Waals surface area contributed by atoms with Crippen LogP contribution in [0.5, 0.6) is 0 Å². The van der Waals surface area contributed by atoms with E-state index >= 15 is 0 Å². The lowest BCUT2D eigenvalue weighted by molar-refractivity contribution is -0.137. The van der Waals surface area contributed by atoms with Gasteiger partial charge in [-0.2, -0.15) is 18.3 Å². The molecular weight excluding hydrogens is 257 g/mol. The van der Waals surface area contributed by atoms with Crippen molar-refractivity contribution in [2.45, 2.75) is 19.1 Å². The molecule has 0 fully saturated rings. The van der Waals surface area contributed by atoms with Crippen molar-refractivity contribution < 1.29 is 13.2 Å². The maximum Gasteiger partial charge on any atom is 0.416 e. The largest absolute Gasteiger partial charge is 0.416 e. The zero-order valence-electron chi connectivity index (χ0n) is 10.4. The number of halogens is 3. The molecule has 0 spiro atoms. The SMILES string of the molecule is CNC(c1ncn[nH]1)c1ccc(C(F)(F)F)cc1C. The lowest BCUT2D eigenvalue weighted by Crippen LogP contribution is -2.20. The van der Waals surface area contributed by atoms with Gasteiger partial charge in [0.1, 0.15) is 12.2 Å². The molecule has 102 valence electrons. The van der Waals surface area contributed by atoms with Gasteiger partial charge in [0.25, 0.3) is 0 Å². The van der Waals surface area contributed by atoms with E-state index in [4.69, 9.17) is 0 Å². The summed E-state index contributed by atoms with van der Waals surface area (Å²) < 4.78 is 37.8. The molecule has 0 aliphatic rings. The predicted octanol–water partition coefficient (Wildman–Crippen LogP) is 2.44. The summed E-state index contributed by atoms with van der Waals surface area (Å²) in [6.07, 6.45) is -2.97. The average Bonchev–Trinajstić information content (AvgIpc) is 2.84. The third kappa shape index (κ3) is 2.76. The summed E-state index contributed by atoms with van der Waals surface area (Å²) in [7, 11) is 1.71. The first-order valence-electron chi connectivity index (χ1n) is 5.63. The number of aryl methyl sites for hydroxylation is 1. The Morgan fingerprint density at radius 1 is 1.32 bits per heavy atom. The van der Waals surface area contributed by atoms with Crippen LogP contribution in [0.2, 0.25) is 0 Å². The Labute approximate surface area is 108 Å². The third-order valence-corrected chi connectivity index (χ3v) is 2.90. The van der Waals surface area contributed by atoms with E-state index in [-0.39, 0.29) is 6.04 Å². The van der Waals surface area contributed by atoms with Crippen molar-refractivity contribution >= 4 is 0 Å². The van der Waals surface area contributed by atoms with E-state index in [1.165, 1.54) is 12.4 Å². The van der Waals surface area contributed by atoms with E-state index in [1.807, 2.05) is 0 Å². The van der Waals surface area contributed by atoms with Crippen LogP contribution in [0.1, 0.15) is 28.6 Å². The Balaban J connectivity index is 2.40. The van der Waals surface area contributed by atoms with Gasteiger partial charge in [-0.15, -0.1) is 0 Å². The highest BCUT2D eigenvalue weighted by molar-refractivity contribution is 5.37. The van der Waals surface area contributed by atoms with Crippen molar-refractivity contribution in [3.8, 4) is 0 Å². The maximum absolute atomic E-state index is 12.6. The van der Waals surface area contributed by atoms with Gasteiger partial charge in [-0.25, -0.2) is 4.98 Å². The van der Waals surface area contributed by atoms with Crippen LogP contribution >= 0.6 is 0 Å². The minimum absolute atomic E-state index is 0.315. The second kappa shape index (κ2) is 5.00. The molecule has 1 aromatic heterocycles. The van der Waals surface area contributed by atoms with Crippen molar-refractivity contribution in [1.82, 2.24) is 20.5 Å². The molecule has 0 bridgehead atoms. The molecule has 0 aliphatic carbocycles. The first kappa shape index (κ1) is 13.5. The number of H-pyrrole nitrogens is 1. The summed E-state index contributed by atoms with van der Waals surface area (Å²) in [4.78, 5) is 4.02. The minimum Gasteiger partial charge on any atom is -0.307 e. The molecule has 0 saturated heterocycles. The molecule has 1 heterocycles. The van der Waals surface area contributed by atoms with Crippen LogP contribution in [0.25, 0.3) is 0 Å². The molecule has 0 amide bonds. The normalized spacial score (nSPS) is 13.5. The van der Waals surface area contributed by atoms with Crippen molar-refractivity contribution in [2.24, 2.45) is 0 Å². The molecule has 0 saturated carbocycles. The fourth-order valence-electron chi connectivity index (χ4n) is 1.97. The lowest BCUT2D eigenvalue weighted by atomic mass is 9.98. The Kier molecular flexibility index (Phi) is 3.57. The second-order valence-corrected chi connectivity index (χ2v) is 4.16. The van der Waals surface area contributed by atoms with Gasteiger partial charge in [0.15, 0.2) is 0 Å². The van der Waals surface area contributed by atoms with Crippen molar-refractivity contribution in [3.63, 3.8) is 0 Å². The molecule has 2 N–H and O–H groups in total. The van der Waals surface area contributed by atoms with Crippen LogP contribution in [-0.4, -0.2) is 22.2 Å². The van der Waals surface area contributed by atoms with E-state index in [0.717, 1.165) is 17.7 Å². The first-order chi connectivity index (χ1) is 8.93. The van der Waals surface area contributed by atoms with Gasteiger partial charge in [0.2, 0.25) is 0 Å². The zero-order chi connectivity index (χ0) is 14.0. The van der Waals surface area contributed by atoms with E-state index < -0.39 is 11.7 Å². The maximum atomic E-state index is 12.6. The van der Waals surface area contributed by atoms with E-state index in [0.29, 0.717) is 11.4 Å². The molecule has 0 aliphatic heterocycles. The van der Waals surface area contributed by atoms with Gasteiger partial charge in [0, 0.05) is 0 Å².